The fourth-order valence-electron chi connectivity index (χ4n) is 3.04. The summed E-state index contributed by atoms with van der Waals surface area (Å²) in [5, 5.41) is 0. The Balaban J connectivity index is 1.77. The second-order valence-corrected chi connectivity index (χ2v) is 6.14. The lowest BCUT2D eigenvalue weighted by Gasteiger charge is -2.28. The zero-order valence-electron chi connectivity index (χ0n) is 12.2. The number of hydrogen-bond acceptors (Lipinski definition) is 4. The van der Waals surface area contributed by atoms with Gasteiger partial charge in [0, 0.05) is 38.3 Å². The van der Waals surface area contributed by atoms with E-state index in [2.05, 4.69) is 35.7 Å². The van der Waals surface area contributed by atoms with Gasteiger partial charge in [-0.2, -0.15) is 12.6 Å². The van der Waals surface area contributed by atoms with Gasteiger partial charge in [0.2, 0.25) is 5.91 Å². The molecule has 1 amide bonds. The largest absolute Gasteiger partial charge is 0.379 e. The van der Waals surface area contributed by atoms with E-state index < -0.39 is 0 Å². The third kappa shape index (κ3) is 3.42. The van der Waals surface area contributed by atoms with Crippen molar-refractivity contribution in [2.45, 2.75) is 13.0 Å². The molecule has 114 valence electrons. The SMILES string of the molecule is O=C1CC(CS)CN1c1ccccc1CN1CCOCC1. The first-order chi connectivity index (χ1) is 10.3. The van der Waals surface area contributed by atoms with Crippen molar-refractivity contribution in [1.82, 2.24) is 4.90 Å². The Hall–Kier alpha value is -1.04. The molecule has 2 heterocycles. The highest BCUT2D eigenvalue weighted by atomic mass is 32.1. The Labute approximate surface area is 131 Å². The molecule has 21 heavy (non-hydrogen) atoms. The minimum atomic E-state index is 0.225. The molecular formula is C16H22N2O2S. The molecule has 2 fully saturated rings. The molecule has 0 spiro atoms. The smallest absolute Gasteiger partial charge is 0.227 e. The number of amides is 1. The number of thiol groups is 1. The van der Waals surface area contributed by atoms with Gasteiger partial charge in [0.05, 0.1) is 13.2 Å². The molecule has 0 aliphatic carbocycles. The molecule has 1 unspecified atom stereocenters. The summed E-state index contributed by atoms with van der Waals surface area (Å²) >= 11 is 4.34. The first-order valence-corrected chi connectivity index (χ1v) is 8.20. The molecule has 2 aliphatic heterocycles. The fourth-order valence-corrected chi connectivity index (χ4v) is 3.29. The molecule has 2 saturated heterocycles. The average molecular weight is 306 g/mol. The molecule has 0 saturated carbocycles. The second-order valence-electron chi connectivity index (χ2n) is 5.77. The molecule has 2 aliphatic rings. The van der Waals surface area contributed by atoms with Crippen LogP contribution in [0, 0.1) is 5.92 Å². The first-order valence-electron chi connectivity index (χ1n) is 7.57. The second kappa shape index (κ2) is 6.81. The van der Waals surface area contributed by atoms with Gasteiger partial charge in [0.25, 0.3) is 0 Å². The van der Waals surface area contributed by atoms with Crippen LogP contribution in [0.5, 0.6) is 0 Å². The molecule has 0 radical (unpaired) electrons. The third-order valence-corrected chi connectivity index (χ3v) is 4.76. The highest BCUT2D eigenvalue weighted by Gasteiger charge is 2.31. The number of benzene rings is 1. The Bertz CT molecular complexity index is 503. The molecule has 1 aromatic carbocycles. The predicted molar refractivity (Wildman–Crippen MR) is 86.9 cm³/mol. The van der Waals surface area contributed by atoms with E-state index in [1.54, 1.807) is 0 Å². The fraction of sp³-hybridized carbons (Fsp3) is 0.562. The van der Waals surface area contributed by atoms with E-state index >= 15 is 0 Å². The van der Waals surface area contributed by atoms with Gasteiger partial charge < -0.3 is 9.64 Å². The topological polar surface area (TPSA) is 32.8 Å². The lowest BCUT2D eigenvalue weighted by molar-refractivity contribution is -0.117. The van der Waals surface area contributed by atoms with Crippen LogP contribution in [0.3, 0.4) is 0 Å². The van der Waals surface area contributed by atoms with E-state index in [9.17, 15) is 4.79 Å². The zero-order valence-corrected chi connectivity index (χ0v) is 13.1. The van der Waals surface area contributed by atoms with Gasteiger partial charge in [-0.05, 0) is 23.3 Å². The number of para-hydroxylation sites is 1. The number of carbonyl (C=O) groups excluding carboxylic acids is 1. The minimum absolute atomic E-state index is 0.225. The van der Waals surface area contributed by atoms with E-state index in [0.717, 1.165) is 50.8 Å². The standard InChI is InChI=1S/C16H22N2O2S/c19-16-9-13(12-21)10-18(16)15-4-2-1-3-14(15)11-17-5-7-20-8-6-17/h1-4,13,21H,5-12H2. The van der Waals surface area contributed by atoms with Crippen LogP contribution in [0.1, 0.15) is 12.0 Å². The van der Waals surface area contributed by atoms with Crippen LogP contribution in [0.2, 0.25) is 0 Å². The van der Waals surface area contributed by atoms with Gasteiger partial charge >= 0.3 is 0 Å². The molecule has 0 aromatic heterocycles. The van der Waals surface area contributed by atoms with Crippen LogP contribution in [0.4, 0.5) is 5.69 Å². The molecule has 5 heteroatoms. The number of morpholine rings is 1. The molecule has 1 aromatic rings. The maximum atomic E-state index is 12.2. The van der Waals surface area contributed by atoms with Crippen LogP contribution in [0.15, 0.2) is 24.3 Å². The number of carbonyl (C=O) groups is 1. The number of anilines is 1. The summed E-state index contributed by atoms with van der Waals surface area (Å²) in [6, 6.07) is 8.26. The maximum absolute atomic E-state index is 12.2. The van der Waals surface area contributed by atoms with Crippen molar-refractivity contribution in [3.8, 4) is 0 Å². The summed E-state index contributed by atoms with van der Waals surface area (Å²) in [4.78, 5) is 16.6. The summed E-state index contributed by atoms with van der Waals surface area (Å²) in [6.07, 6.45) is 0.620. The Kier molecular flexibility index (Phi) is 4.83. The van der Waals surface area contributed by atoms with Crippen molar-refractivity contribution in [2.75, 3.05) is 43.5 Å². The molecular weight excluding hydrogens is 284 g/mol. The molecule has 3 rings (SSSR count). The van der Waals surface area contributed by atoms with Gasteiger partial charge in [-0.3, -0.25) is 9.69 Å². The van der Waals surface area contributed by atoms with Crippen molar-refractivity contribution in [2.24, 2.45) is 5.92 Å². The van der Waals surface area contributed by atoms with Crippen molar-refractivity contribution >= 4 is 24.2 Å². The summed E-state index contributed by atoms with van der Waals surface area (Å²) in [6.45, 7) is 5.19. The lowest BCUT2D eigenvalue weighted by atomic mass is 10.1. The summed E-state index contributed by atoms with van der Waals surface area (Å²) < 4.78 is 5.40. The first kappa shape index (κ1) is 14.9. The third-order valence-electron chi connectivity index (χ3n) is 4.24. The highest BCUT2D eigenvalue weighted by molar-refractivity contribution is 7.80. The van der Waals surface area contributed by atoms with Crippen LogP contribution in [-0.4, -0.2) is 49.4 Å². The number of ether oxygens (including phenoxy) is 1. The van der Waals surface area contributed by atoms with E-state index in [-0.39, 0.29) is 5.91 Å². The van der Waals surface area contributed by atoms with Gasteiger partial charge in [0.15, 0.2) is 0 Å². The quantitative estimate of drug-likeness (QED) is 0.861. The van der Waals surface area contributed by atoms with E-state index in [4.69, 9.17) is 4.74 Å². The Morgan fingerprint density at radius 1 is 1.24 bits per heavy atom. The van der Waals surface area contributed by atoms with Crippen LogP contribution in [0.25, 0.3) is 0 Å². The van der Waals surface area contributed by atoms with Crippen LogP contribution >= 0.6 is 12.6 Å². The Morgan fingerprint density at radius 3 is 2.71 bits per heavy atom. The van der Waals surface area contributed by atoms with Crippen LogP contribution in [-0.2, 0) is 16.1 Å². The van der Waals surface area contributed by atoms with Crippen LogP contribution < -0.4 is 4.90 Å². The summed E-state index contributed by atoms with van der Waals surface area (Å²) in [7, 11) is 0. The van der Waals surface area contributed by atoms with E-state index in [1.807, 2.05) is 11.0 Å². The normalized spacial score (nSPS) is 23.8. The number of nitrogens with zero attached hydrogens (tertiary/aromatic N) is 2. The zero-order chi connectivity index (χ0) is 14.7. The predicted octanol–water partition coefficient (Wildman–Crippen LogP) is 1.80. The van der Waals surface area contributed by atoms with Gasteiger partial charge in [0.1, 0.15) is 0 Å². The molecule has 4 nitrogen and oxygen atoms in total. The maximum Gasteiger partial charge on any atom is 0.227 e. The summed E-state index contributed by atoms with van der Waals surface area (Å²) in [5.41, 5.74) is 2.30. The van der Waals surface area contributed by atoms with Gasteiger partial charge in [-0.15, -0.1) is 0 Å². The molecule has 1 atom stereocenters. The van der Waals surface area contributed by atoms with E-state index in [1.165, 1.54) is 5.56 Å². The van der Waals surface area contributed by atoms with Gasteiger partial charge in [-0.25, -0.2) is 0 Å². The van der Waals surface area contributed by atoms with Crippen molar-refractivity contribution in [3.63, 3.8) is 0 Å². The van der Waals surface area contributed by atoms with Gasteiger partial charge in [-0.1, -0.05) is 18.2 Å². The van der Waals surface area contributed by atoms with Crippen molar-refractivity contribution in [1.29, 1.82) is 0 Å². The average Bonchev–Trinajstić information content (AvgIpc) is 2.90. The molecule has 0 bridgehead atoms. The number of hydrogen-bond donors (Lipinski definition) is 1. The molecule has 0 N–H and O–H groups in total. The Morgan fingerprint density at radius 2 is 2.00 bits per heavy atom. The monoisotopic (exact) mass is 306 g/mol. The lowest BCUT2D eigenvalue weighted by Crippen LogP contribution is -2.36. The minimum Gasteiger partial charge on any atom is -0.379 e. The van der Waals surface area contributed by atoms with E-state index in [0.29, 0.717) is 12.3 Å². The van der Waals surface area contributed by atoms with Crippen molar-refractivity contribution < 1.29 is 9.53 Å². The highest BCUT2D eigenvalue weighted by Crippen LogP contribution is 2.29. The van der Waals surface area contributed by atoms with Crippen molar-refractivity contribution in [3.05, 3.63) is 29.8 Å². The summed E-state index contributed by atoms with van der Waals surface area (Å²) in [5.74, 6) is 1.37. The number of rotatable bonds is 4.